The first-order valence-corrected chi connectivity index (χ1v) is 6.19. The molecule has 7 heteroatoms. The molecule has 114 valence electrons. The molecule has 2 aromatic carbocycles. The lowest BCUT2D eigenvalue weighted by Crippen LogP contribution is -2.24. The monoisotopic (exact) mass is 307 g/mol. The van der Waals surface area contributed by atoms with Gasteiger partial charge in [0.05, 0.1) is 5.56 Å². The Morgan fingerprint density at radius 3 is 2.32 bits per heavy atom. The fourth-order valence-electron chi connectivity index (χ4n) is 1.98. The summed E-state index contributed by atoms with van der Waals surface area (Å²) < 4.78 is 39.1. The molecule has 22 heavy (non-hydrogen) atoms. The number of carbonyl (C=O) groups is 1. The van der Waals surface area contributed by atoms with Crippen molar-refractivity contribution in [2.75, 3.05) is 0 Å². The molecule has 4 N–H and O–H groups in total. The first-order chi connectivity index (χ1) is 10.3. The lowest BCUT2D eigenvalue weighted by molar-refractivity contribution is -0.137. The third kappa shape index (κ3) is 3.43. The zero-order chi connectivity index (χ0) is 16.3. The summed E-state index contributed by atoms with van der Waals surface area (Å²) in [6.07, 6.45) is -4.49. The Kier molecular flexibility index (Phi) is 4.16. The van der Waals surface area contributed by atoms with Gasteiger partial charge in [-0.2, -0.15) is 18.2 Å². The average Bonchev–Trinajstić information content (AvgIpc) is 2.46. The van der Waals surface area contributed by atoms with Crippen molar-refractivity contribution in [2.24, 2.45) is 16.5 Å². The Hall–Kier alpha value is -2.83. The topological polar surface area (TPSA) is 81.5 Å². The van der Waals surface area contributed by atoms with Crippen LogP contribution in [0, 0.1) is 0 Å². The number of carbonyl (C=O) groups excluding carboxylic acids is 1. The third-order valence-corrected chi connectivity index (χ3v) is 2.88. The Morgan fingerprint density at radius 1 is 1.00 bits per heavy atom. The summed E-state index contributed by atoms with van der Waals surface area (Å²) in [6, 6.07) is 10.8. The van der Waals surface area contributed by atoms with E-state index in [1.54, 1.807) is 0 Å². The van der Waals surface area contributed by atoms with E-state index >= 15 is 0 Å². The van der Waals surface area contributed by atoms with Gasteiger partial charge < -0.3 is 11.5 Å². The largest absolute Gasteiger partial charge is 0.417 e. The normalized spacial score (nSPS) is 11.0. The Bertz CT molecular complexity index is 735. The lowest BCUT2D eigenvalue weighted by atomic mass is 9.97. The van der Waals surface area contributed by atoms with Crippen LogP contribution in [0.2, 0.25) is 0 Å². The van der Waals surface area contributed by atoms with E-state index in [2.05, 4.69) is 4.99 Å². The van der Waals surface area contributed by atoms with Gasteiger partial charge in [-0.05, 0) is 29.3 Å². The molecule has 0 spiro atoms. The van der Waals surface area contributed by atoms with Gasteiger partial charge in [0.2, 0.25) is 0 Å². The fourth-order valence-corrected chi connectivity index (χ4v) is 1.98. The summed E-state index contributed by atoms with van der Waals surface area (Å²) in [7, 11) is 0. The SMILES string of the molecule is NC(N)=NC(=O)c1cccc(-c2ccccc2C(F)(F)F)c1. The number of hydrogen-bond acceptors (Lipinski definition) is 1. The van der Waals surface area contributed by atoms with Crippen molar-refractivity contribution in [2.45, 2.75) is 6.18 Å². The Balaban J connectivity index is 2.52. The van der Waals surface area contributed by atoms with E-state index in [1.165, 1.54) is 42.5 Å². The minimum Gasteiger partial charge on any atom is -0.370 e. The van der Waals surface area contributed by atoms with Crippen LogP contribution >= 0.6 is 0 Å². The average molecular weight is 307 g/mol. The molecule has 4 nitrogen and oxygen atoms in total. The van der Waals surface area contributed by atoms with Gasteiger partial charge in [-0.15, -0.1) is 0 Å². The predicted octanol–water partition coefficient (Wildman–Crippen LogP) is 2.79. The minimum atomic E-state index is -4.49. The van der Waals surface area contributed by atoms with Crippen LogP contribution < -0.4 is 11.5 Å². The van der Waals surface area contributed by atoms with E-state index in [1.807, 2.05) is 0 Å². The summed E-state index contributed by atoms with van der Waals surface area (Å²) in [5.41, 5.74) is 9.80. The van der Waals surface area contributed by atoms with Crippen molar-refractivity contribution in [3.8, 4) is 11.1 Å². The number of rotatable bonds is 2. The van der Waals surface area contributed by atoms with Crippen LogP contribution in [0.1, 0.15) is 15.9 Å². The molecule has 0 saturated carbocycles. The molecule has 0 fully saturated rings. The zero-order valence-corrected chi connectivity index (χ0v) is 11.3. The number of benzene rings is 2. The highest BCUT2D eigenvalue weighted by atomic mass is 19.4. The molecular formula is C15H12F3N3O. The highest BCUT2D eigenvalue weighted by Gasteiger charge is 2.33. The van der Waals surface area contributed by atoms with Gasteiger partial charge in [0.25, 0.3) is 5.91 Å². The van der Waals surface area contributed by atoms with Gasteiger partial charge in [0, 0.05) is 5.56 Å². The number of hydrogen-bond donors (Lipinski definition) is 2. The van der Waals surface area contributed by atoms with Crippen LogP contribution in [0.25, 0.3) is 11.1 Å². The van der Waals surface area contributed by atoms with Crippen molar-refractivity contribution >= 4 is 11.9 Å². The van der Waals surface area contributed by atoms with Gasteiger partial charge in [0.15, 0.2) is 5.96 Å². The number of guanidine groups is 1. The van der Waals surface area contributed by atoms with Crippen molar-refractivity contribution in [3.63, 3.8) is 0 Å². The molecule has 0 radical (unpaired) electrons. The molecule has 2 rings (SSSR count). The van der Waals surface area contributed by atoms with Gasteiger partial charge >= 0.3 is 6.18 Å². The van der Waals surface area contributed by atoms with Crippen LogP contribution in [0.4, 0.5) is 13.2 Å². The number of amides is 1. The summed E-state index contributed by atoms with van der Waals surface area (Å²) in [5, 5.41) is 0. The maximum absolute atomic E-state index is 13.0. The number of halogens is 3. The molecule has 0 aliphatic rings. The molecule has 0 bridgehead atoms. The number of alkyl halides is 3. The molecule has 0 aliphatic carbocycles. The van der Waals surface area contributed by atoms with Crippen LogP contribution in [0.15, 0.2) is 53.5 Å². The Labute approximate surface area is 124 Å². The van der Waals surface area contributed by atoms with Crippen LogP contribution in [0.5, 0.6) is 0 Å². The molecule has 0 unspecified atom stereocenters. The molecule has 0 atom stereocenters. The van der Waals surface area contributed by atoms with Gasteiger partial charge in [-0.25, -0.2) is 0 Å². The van der Waals surface area contributed by atoms with Gasteiger partial charge in [0.1, 0.15) is 0 Å². The summed E-state index contributed by atoms with van der Waals surface area (Å²) >= 11 is 0. The predicted molar refractivity (Wildman–Crippen MR) is 77.0 cm³/mol. The molecule has 1 amide bonds. The van der Waals surface area contributed by atoms with Crippen molar-refractivity contribution in [1.29, 1.82) is 0 Å². The number of nitrogens with two attached hydrogens (primary N) is 2. The second-order valence-electron chi connectivity index (χ2n) is 4.47. The lowest BCUT2D eigenvalue weighted by Gasteiger charge is -2.13. The standard InChI is InChI=1S/C15H12F3N3O/c16-15(17,18)12-7-2-1-6-11(12)9-4-3-5-10(8-9)13(22)21-14(19)20/h1-8H,(H4,19,20,21,22). The van der Waals surface area contributed by atoms with Crippen LogP contribution in [-0.2, 0) is 6.18 Å². The maximum atomic E-state index is 13.0. The quantitative estimate of drug-likeness (QED) is 0.661. The molecule has 2 aromatic rings. The van der Waals surface area contributed by atoms with Crippen molar-refractivity contribution in [1.82, 2.24) is 0 Å². The van der Waals surface area contributed by atoms with E-state index in [4.69, 9.17) is 11.5 Å². The summed E-state index contributed by atoms with van der Waals surface area (Å²) in [5.74, 6) is -1.13. The first-order valence-electron chi connectivity index (χ1n) is 6.19. The highest BCUT2D eigenvalue weighted by molar-refractivity contribution is 6.02. The number of nitrogens with zero attached hydrogens (tertiary/aromatic N) is 1. The van der Waals surface area contributed by atoms with E-state index in [0.717, 1.165) is 6.07 Å². The van der Waals surface area contributed by atoms with Crippen molar-refractivity contribution in [3.05, 3.63) is 59.7 Å². The second kappa shape index (κ2) is 5.88. The van der Waals surface area contributed by atoms with Crippen LogP contribution in [-0.4, -0.2) is 11.9 Å². The van der Waals surface area contributed by atoms with E-state index in [-0.39, 0.29) is 16.7 Å². The first kappa shape index (κ1) is 15.6. The smallest absolute Gasteiger partial charge is 0.370 e. The van der Waals surface area contributed by atoms with E-state index in [9.17, 15) is 18.0 Å². The maximum Gasteiger partial charge on any atom is 0.417 e. The third-order valence-electron chi connectivity index (χ3n) is 2.88. The van der Waals surface area contributed by atoms with Crippen molar-refractivity contribution < 1.29 is 18.0 Å². The number of aliphatic imine (C=N–C) groups is 1. The minimum absolute atomic E-state index is 0.0191. The Morgan fingerprint density at radius 2 is 1.68 bits per heavy atom. The molecule has 0 aliphatic heterocycles. The van der Waals surface area contributed by atoms with Gasteiger partial charge in [-0.1, -0.05) is 30.3 Å². The molecule has 0 aromatic heterocycles. The molecule has 0 saturated heterocycles. The molecule has 0 heterocycles. The second-order valence-corrected chi connectivity index (χ2v) is 4.47. The van der Waals surface area contributed by atoms with E-state index in [0.29, 0.717) is 0 Å². The van der Waals surface area contributed by atoms with E-state index < -0.39 is 23.6 Å². The summed E-state index contributed by atoms with van der Waals surface area (Å²) in [4.78, 5) is 15.1. The zero-order valence-electron chi connectivity index (χ0n) is 11.3. The van der Waals surface area contributed by atoms with Crippen LogP contribution in [0.3, 0.4) is 0 Å². The van der Waals surface area contributed by atoms with Gasteiger partial charge in [-0.3, -0.25) is 4.79 Å². The molecular weight excluding hydrogens is 295 g/mol. The highest BCUT2D eigenvalue weighted by Crippen LogP contribution is 2.37. The summed E-state index contributed by atoms with van der Waals surface area (Å²) in [6.45, 7) is 0. The fraction of sp³-hybridized carbons (Fsp3) is 0.0667.